The number of hydrogen-bond acceptors (Lipinski definition) is 4. The van der Waals surface area contributed by atoms with E-state index in [0.717, 1.165) is 5.56 Å². The average Bonchev–Trinajstić information content (AvgIpc) is 2.90. The van der Waals surface area contributed by atoms with Crippen molar-refractivity contribution in [1.29, 1.82) is 0 Å². The molecule has 1 aliphatic rings. The van der Waals surface area contributed by atoms with E-state index >= 15 is 0 Å². The lowest BCUT2D eigenvalue weighted by Gasteiger charge is -2.28. The zero-order valence-corrected chi connectivity index (χ0v) is 14.8. The summed E-state index contributed by atoms with van der Waals surface area (Å²) in [4.78, 5) is 11.8. The molecular weight excluding hydrogens is 324 g/mol. The Balaban J connectivity index is 2.35. The number of benzene rings is 1. The SMILES string of the molecule is CCC(N)(CC)c1cc2c(cc1F)C[C@H](CCCB(O)O)[C@@H]2C(=O)O. The maximum atomic E-state index is 14.6. The number of halogens is 1. The molecule has 1 aliphatic carbocycles. The van der Waals surface area contributed by atoms with Crippen molar-refractivity contribution in [2.45, 2.75) is 63.7 Å². The fraction of sp³-hybridized carbons (Fsp3) is 0.611. The summed E-state index contributed by atoms with van der Waals surface area (Å²) in [5, 5.41) is 27.6. The molecule has 0 saturated carbocycles. The minimum Gasteiger partial charge on any atom is -0.481 e. The van der Waals surface area contributed by atoms with Crippen LogP contribution in [0.5, 0.6) is 0 Å². The minimum atomic E-state index is -1.39. The van der Waals surface area contributed by atoms with Gasteiger partial charge in [0.1, 0.15) is 5.82 Å². The standard InChI is InChI=1S/C18H27BFNO4/c1-3-18(21,4-2)14-10-13-12(9-15(14)20)8-11(16(13)17(22)23)6-5-7-19(24)25/h9-11,16,24-25H,3-8,21H2,1-2H3,(H,22,23)/t11-,16-/m0/s1. The van der Waals surface area contributed by atoms with Crippen LogP contribution in [-0.2, 0) is 16.8 Å². The number of carboxylic acids is 1. The summed E-state index contributed by atoms with van der Waals surface area (Å²) >= 11 is 0. The molecule has 1 aromatic rings. The van der Waals surface area contributed by atoms with Crippen LogP contribution in [0, 0.1) is 11.7 Å². The minimum absolute atomic E-state index is 0.170. The first kappa shape index (κ1) is 19.9. The third-order valence-electron chi connectivity index (χ3n) is 5.62. The number of nitrogens with two attached hydrogens (primary N) is 1. The maximum absolute atomic E-state index is 14.6. The van der Waals surface area contributed by atoms with Crippen molar-refractivity contribution < 1.29 is 24.3 Å². The van der Waals surface area contributed by atoms with Gasteiger partial charge in [0.25, 0.3) is 0 Å². The molecule has 2 rings (SSSR count). The van der Waals surface area contributed by atoms with Crippen LogP contribution in [0.4, 0.5) is 4.39 Å². The van der Waals surface area contributed by atoms with E-state index in [2.05, 4.69) is 0 Å². The Bertz CT molecular complexity index is 634. The van der Waals surface area contributed by atoms with E-state index < -0.39 is 24.5 Å². The van der Waals surface area contributed by atoms with Crippen molar-refractivity contribution in [3.05, 3.63) is 34.6 Å². The highest BCUT2D eigenvalue weighted by atomic mass is 19.1. The third kappa shape index (κ3) is 4.05. The monoisotopic (exact) mass is 351 g/mol. The van der Waals surface area contributed by atoms with Gasteiger partial charge < -0.3 is 20.9 Å². The zero-order chi connectivity index (χ0) is 18.8. The molecule has 138 valence electrons. The molecule has 5 N–H and O–H groups in total. The molecule has 0 saturated heterocycles. The maximum Gasteiger partial charge on any atom is 0.451 e. The fourth-order valence-corrected chi connectivity index (χ4v) is 3.93. The lowest BCUT2D eigenvalue weighted by Crippen LogP contribution is -2.36. The highest BCUT2D eigenvalue weighted by Gasteiger charge is 2.39. The van der Waals surface area contributed by atoms with Crippen molar-refractivity contribution in [1.82, 2.24) is 0 Å². The summed E-state index contributed by atoms with van der Waals surface area (Å²) in [6, 6.07) is 3.09. The molecule has 7 heteroatoms. The lowest BCUT2D eigenvalue weighted by atomic mass is 9.79. The number of hydrogen-bond donors (Lipinski definition) is 4. The summed E-state index contributed by atoms with van der Waals surface area (Å²) in [5.41, 5.74) is 7.29. The molecule has 0 fully saturated rings. The summed E-state index contributed by atoms with van der Waals surface area (Å²) < 4.78 is 14.6. The number of rotatable bonds is 8. The summed E-state index contributed by atoms with van der Waals surface area (Å²) in [7, 11) is -1.39. The first-order valence-electron chi connectivity index (χ1n) is 8.94. The van der Waals surface area contributed by atoms with Crippen molar-refractivity contribution in [2.24, 2.45) is 11.7 Å². The second-order valence-corrected chi connectivity index (χ2v) is 7.09. The van der Waals surface area contributed by atoms with Crippen molar-refractivity contribution in [3.63, 3.8) is 0 Å². The Labute approximate surface area is 148 Å². The lowest BCUT2D eigenvalue weighted by molar-refractivity contribution is -0.139. The van der Waals surface area contributed by atoms with Gasteiger partial charge in [0.2, 0.25) is 0 Å². The first-order chi connectivity index (χ1) is 11.7. The summed E-state index contributed by atoms with van der Waals surface area (Å²) in [5.74, 6) is -2.18. The van der Waals surface area contributed by atoms with Crippen molar-refractivity contribution in [2.75, 3.05) is 0 Å². The highest BCUT2D eigenvalue weighted by molar-refractivity contribution is 6.40. The Hall–Kier alpha value is -1.44. The van der Waals surface area contributed by atoms with Gasteiger partial charge >= 0.3 is 13.1 Å². The van der Waals surface area contributed by atoms with E-state index in [9.17, 15) is 14.3 Å². The molecule has 25 heavy (non-hydrogen) atoms. The molecule has 0 aromatic heterocycles. The van der Waals surface area contributed by atoms with Crippen LogP contribution in [0.15, 0.2) is 12.1 Å². The first-order valence-corrected chi connectivity index (χ1v) is 8.94. The van der Waals surface area contributed by atoms with Gasteiger partial charge in [-0.05, 0) is 61.2 Å². The van der Waals surface area contributed by atoms with Gasteiger partial charge in [-0.3, -0.25) is 4.79 Å². The van der Waals surface area contributed by atoms with E-state index in [4.69, 9.17) is 15.8 Å². The molecule has 2 atom stereocenters. The Morgan fingerprint density at radius 2 is 2.00 bits per heavy atom. The van der Waals surface area contributed by atoms with E-state index in [1.54, 1.807) is 6.07 Å². The molecule has 1 aromatic carbocycles. The van der Waals surface area contributed by atoms with Crippen LogP contribution >= 0.6 is 0 Å². The molecule has 0 bridgehead atoms. The van der Waals surface area contributed by atoms with Gasteiger partial charge in [-0.2, -0.15) is 0 Å². The van der Waals surface area contributed by atoms with Crippen LogP contribution < -0.4 is 5.73 Å². The number of carboxylic acid groups (broad SMARTS) is 1. The zero-order valence-electron chi connectivity index (χ0n) is 14.8. The Morgan fingerprint density at radius 1 is 1.36 bits per heavy atom. The van der Waals surface area contributed by atoms with E-state index in [1.165, 1.54) is 6.07 Å². The molecule has 5 nitrogen and oxygen atoms in total. The fourth-order valence-electron chi connectivity index (χ4n) is 3.93. The molecule has 0 radical (unpaired) electrons. The van der Waals surface area contributed by atoms with Gasteiger partial charge in [0.15, 0.2) is 0 Å². The van der Waals surface area contributed by atoms with Crippen molar-refractivity contribution >= 4 is 13.1 Å². The molecule has 0 amide bonds. The Kier molecular flexibility index (Phi) is 6.24. The molecule has 0 spiro atoms. The molecular formula is C18H27BFNO4. The van der Waals surface area contributed by atoms with Gasteiger partial charge in [-0.15, -0.1) is 0 Å². The summed E-state index contributed by atoms with van der Waals surface area (Å²) in [6.07, 6.45) is 2.89. The normalized spacial score (nSPS) is 19.8. The molecule has 0 aliphatic heterocycles. The molecule has 0 unspecified atom stereocenters. The predicted octanol–water partition coefficient (Wildman–Crippen LogP) is 2.39. The van der Waals surface area contributed by atoms with Crippen LogP contribution in [0.3, 0.4) is 0 Å². The van der Waals surface area contributed by atoms with Crippen LogP contribution in [0.25, 0.3) is 0 Å². The molecule has 0 heterocycles. The van der Waals surface area contributed by atoms with Crippen LogP contribution in [0.1, 0.15) is 62.1 Å². The topological polar surface area (TPSA) is 104 Å². The predicted molar refractivity (Wildman–Crippen MR) is 94.7 cm³/mol. The van der Waals surface area contributed by atoms with Gasteiger partial charge in [0.05, 0.1) is 5.92 Å². The average molecular weight is 351 g/mol. The van der Waals surface area contributed by atoms with Gasteiger partial charge in [-0.1, -0.05) is 20.3 Å². The number of fused-ring (bicyclic) bond motifs is 1. The second kappa shape index (κ2) is 7.85. The van der Waals surface area contributed by atoms with Gasteiger partial charge in [-0.25, -0.2) is 4.39 Å². The van der Waals surface area contributed by atoms with E-state index in [-0.39, 0.29) is 18.1 Å². The number of aliphatic carboxylic acids is 1. The van der Waals surface area contributed by atoms with E-state index in [1.807, 2.05) is 13.8 Å². The second-order valence-electron chi connectivity index (χ2n) is 7.09. The smallest absolute Gasteiger partial charge is 0.451 e. The van der Waals surface area contributed by atoms with Crippen molar-refractivity contribution in [3.8, 4) is 0 Å². The summed E-state index contributed by atoms with van der Waals surface area (Å²) in [6.45, 7) is 3.79. The van der Waals surface area contributed by atoms with Gasteiger partial charge in [0, 0.05) is 11.1 Å². The Morgan fingerprint density at radius 3 is 2.52 bits per heavy atom. The van der Waals surface area contributed by atoms with E-state index in [0.29, 0.717) is 43.2 Å². The number of carbonyl (C=O) groups is 1. The van der Waals surface area contributed by atoms with Crippen LogP contribution in [-0.4, -0.2) is 28.2 Å². The third-order valence-corrected chi connectivity index (χ3v) is 5.62. The largest absolute Gasteiger partial charge is 0.481 e. The van der Waals surface area contributed by atoms with Crippen LogP contribution in [0.2, 0.25) is 6.32 Å². The quantitative estimate of drug-likeness (QED) is 0.539. The highest BCUT2D eigenvalue weighted by Crippen LogP contribution is 2.43.